The van der Waals surface area contributed by atoms with Crippen molar-refractivity contribution in [1.29, 1.82) is 5.26 Å². The van der Waals surface area contributed by atoms with Gasteiger partial charge in [0.1, 0.15) is 30.0 Å². The van der Waals surface area contributed by atoms with E-state index in [1.807, 2.05) is 49.4 Å². The lowest BCUT2D eigenvalue weighted by molar-refractivity contribution is -0.140. The second-order valence-corrected chi connectivity index (χ2v) is 10.5. The van der Waals surface area contributed by atoms with Gasteiger partial charge in [-0.25, -0.2) is 4.79 Å². The Labute approximate surface area is 241 Å². The number of hydrogen-bond donors (Lipinski definition) is 2. The van der Waals surface area contributed by atoms with Crippen molar-refractivity contribution < 1.29 is 23.9 Å². The van der Waals surface area contributed by atoms with Gasteiger partial charge in [-0.15, -0.1) is 0 Å². The number of nitriles is 1. The van der Waals surface area contributed by atoms with Gasteiger partial charge in [-0.3, -0.25) is 9.59 Å². The normalized spacial score (nSPS) is 12.3. The molecule has 0 fully saturated rings. The summed E-state index contributed by atoms with van der Waals surface area (Å²) < 4.78 is 10.6. The number of aryl methyl sites for hydroxylation is 1. The first-order valence-corrected chi connectivity index (χ1v) is 13.2. The Hall–Kier alpha value is -4.84. The van der Waals surface area contributed by atoms with Gasteiger partial charge in [-0.05, 0) is 63.1 Å². The van der Waals surface area contributed by atoms with E-state index in [-0.39, 0.29) is 6.42 Å². The second kappa shape index (κ2) is 14.0. The third kappa shape index (κ3) is 9.11. The van der Waals surface area contributed by atoms with Crippen molar-refractivity contribution in [3.8, 4) is 11.8 Å². The molecule has 214 valence electrons. The lowest BCUT2D eigenvalue weighted by Gasteiger charge is -2.33. The minimum absolute atomic E-state index is 0.126. The lowest BCUT2D eigenvalue weighted by atomic mass is 9.99. The number of anilines is 1. The standard InChI is InChI=1S/C32H36N4O5/c1-22-10-9-13-24(20-22)28(29(37)34-25-14-16-26(40-5)17-15-25)36(19-18-33)30(38)27(21-23-11-7-6-8-12-23)35-31(39)41-32(2,3)4/h6-17,20,27-28H,19,21H2,1-5H3,(H,34,37)(H,35,39). The monoisotopic (exact) mass is 556 g/mol. The van der Waals surface area contributed by atoms with Crippen LogP contribution >= 0.6 is 0 Å². The van der Waals surface area contributed by atoms with Gasteiger partial charge in [0.2, 0.25) is 5.91 Å². The number of carbonyl (C=O) groups is 3. The van der Waals surface area contributed by atoms with Gasteiger partial charge in [0.15, 0.2) is 0 Å². The van der Waals surface area contributed by atoms with Crippen LogP contribution in [0.1, 0.15) is 43.5 Å². The summed E-state index contributed by atoms with van der Waals surface area (Å²) in [6.07, 6.45) is -0.653. The smallest absolute Gasteiger partial charge is 0.408 e. The van der Waals surface area contributed by atoms with E-state index in [4.69, 9.17) is 9.47 Å². The molecule has 3 aromatic rings. The number of hydrogen-bond acceptors (Lipinski definition) is 6. The average Bonchev–Trinajstić information content (AvgIpc) is 2.92. The lowest BCUT2D eigenvalue weighted by Crippen LogP contribution is -2.53. The number of nitrogens with zero attached hydrogens (tertiary/aromatic N) is 2. The molecule has 0 bridgehead atoms. The molecule has 2 N–H and O–H groups in total. The van der Waals surface area contributed by atoms with Crippen LogP contribution in [0.3, 0.4) is 0 Å². The van der Waals surface area contributed by atoms with Gasteiger partial charge < -0.3 is 25.0 Å². The van der Waals surface area contributed by atoms with E-state index in [0.29, 0.717) is 17.0 Å². The molecule has 0 aliphatic heterocycles. The van der Waals surface area contributed by atoms with Crippen molar-refractivity contribution in [3.63, 3.8) is 0 Å². The predicted molar refractivity (Wildman–Crippen MR) is 156 cm³/mol. The van der Waals surface area contributed by atoms with E-state index in [9.17, 15) is 19.6 Å². The molecule has 0 saturated carbocycles. The van der Waals surface area contributed by atoms with Crippen LogP contribution < -0.4 is 15.4 Å². The van der Waals surface area contributed by atoms with Crippen molar-refractivity contribution in [2.45, 2.75) is 51.8 Å². The predicted octanol–water partition coefficient (Wildman–Crippen LogP) is 5.17. The molecule has 3 aromatic carbocycles. The Balaban J connectivity index is 2.02. The first-order chi connectivity index (χ1) is 19.5. The summed E-state index contributed by atoms with van der Waals surface area (Å²) in [5.74, 6) is -0.491. The molecule has 0 aliphatic rings. The van der Waals surface area contributed by atoms with E-state index < -0.39 is 42.1 Å². The highest BCUT2D eigenvalue weighted by molar-refractivity contribution is 5.99. The quantitative estimate of drug-likeness (QED) is 0.332. The first-order valence-electron chi connectivity index (χ1n) is 13.2. The van der Waals surface area contributed by atoms with Crippen LogP contribution in [0.15, 0.2) is 78.9 Å². The fraction of sp³-hybridized carbons (Fsp3) is 0.312. The van der Waals surface area contributed by atoms with Crippen LogP contribution in [0, 0.1) is 18.3 Å². The summed E-state index contributed by atoms with van der Waals surface area (Å²) in [5.41, 5.74) is 1.88. The molecule has 0 aliphatic carbocycles. The first kappa shape index (κ1) is 30.7. The molecular formula is C32H36N4O5. The maximum absolute atomic E-state index is 14.2. The zero-order valence-corrected chi connectivity index (χ0v) is 24.0. The molecule has 3 amide bonds. The molecular weight excluding hydrogens is 520 g/mol. The third-order valence-electron chi connectivity index (χ3n) is 6.07. The Morgan fingerprint density at radius 2 is 1.66 bits per heavy atom. The van der Waals surface area contributed by atoms with E-state index in [1.165, 1.54) is 4.90 Å². The van der Waals surface area contributed by atoms with Crippen molar-refractivity contribution in [1.82, 2.24) is 10.2 Å². The zero-order valence-electron chi connectivity index (χ0n) is 24.0. The van der Waals surface area contributed by atoms with Crippen LogP contribution in [-0.4, -0.2) is 48.1 Å². The molecule has 2 atom stereocenters. The van der Waals surface area contributed by atoms with Crippen molar-refractivity contribution in [3.05, 3.63) is 95.6 Å². The SMILES string of the molecule is COc1ccc(NC(=O)C(c2cccc(C)c2)N(CC#N)C(=O)C(Cc2ccccc2)NC(=O)OC(C)(C)C)cc1. The minimum atomic E-state index is -1.16. The van der Waals surface area contributed by atoms with E-state index >= 15 is 0 Å². The highest BCUT2D eigenvalue weighted by atomic mass is 16.6. The van der Waals surface area contributed by atoms with Crippen LogP contribution in [0.25, 0.3) is 0 Å². The van der Waals surface area contributed by atoms with Crippen LogP contribution in [-0.2, 0) is 20.7 Å². The molecule has 0 radical (unpaired) electrons. The highest BCUT2D eigenvalue weighted by Crippen LogP contribution is 2.26. The van der Waals surface area contributed by atoms with Crippen LogP contribution in [0.2, 0.25) is 0 Å². The summed E-state index contributed by atoms with van der Waals surface area (Å²) in [7, 11) is 1.55. The van der Waals surface area contributed by atoms with Gasteiger partial charge in [-0.2, -0.15) is 5.26 Å². The summed E-state index contributed by atoms with van der Waals surface area (Å²) in [6, 6.07) is 22.9. The van der Waals surface area contributed by atoms with E-state index in [2.05, 4.69) is 10.6 Å². The summed E-state index contributed by atoms with van der Waals surface area (Å²) >= 11 is 0. The van der Waals surface area contributed by atoms with Gasteiger partial charge >= 0.3 is 6.09 Å². The Kier molecular flexibility index (Phi) is 10.5. The van der Waals surface area contributed by atoms with Gasteiger partial charge in [0.25, 0.3) is 5.91 Å². The van der Waals surface area contributed by atoms with Crippen molar-refractivity contribution in [2.75, 3.05) is 19.0 Å². The van der Waals surface area contributed by atoms with Gasteiger partial charge in [0.05, 0.1) is 13.2 Å². The van der Waals surface area contributed by atoms with Crippen LogP contribution in [0.4, 0.5) is 10.5 Å². The number of carbonyl (C=O) groups excluding carboxylic acids is 3. The van der Waals surface area contributed by atoms with Crippen LogP contribution in [0.5, 0.6) is 5.75 Å². The number of ether oxygens (including phenoxy) is 2. The highest BCUT2D eigenvalue weighted by Gasteiger charge is 2.36. The van der Waals surface area contributed by atoms with Gasteiger partial charge in [0, 0.05) is 12.1 Å². The van der Waals surface area contributed by atoms with Crippen molar-refractivity contribution in [2.24, 2.45) is 0 Å². The molecule has 3 rings (SSSR count). The largest absolute Gasteiger partial charge is 0.497 e. The Morgan fingerprint density at radius 1 is 0.976 bits per heavy atom. The fourth-order valence-corrected chi connectivity index (χ4v) is 4.27. The Bertz CT molecular complexity index is 1380. The molecule has 9 heteroatoms. The summed E-state index contributed by atoms with van der Waals surface area (Å²) in [5, 5.41) is 15.3. The van der Waals surface area contributed by atoms with Crippen molar-refractivity contribution >= 4 is 23.6 Å². The molecule has 0 spiro atoms. The minimum Gasteiger partial charge on any atom is -0.497 e. The molecule has 0 heterocycles. The summed E-state index contributed by atoms with van der Waals surface area (Å²) in [6.45, 7) is 6.65. The Morgan fingerprint density at radius 3 is 2.24 bits per heavy atom. The third-order valence-corrected chi connectivity index (χ3v) is 6.07. The molecule has 0 saturated heterocycles. The molecule has 2 unspecified atom stereocenters. The molecule has 0 aromatic heterocycles. The molecule has 41 heavy (non-hydrogen) atoms. The number of nitrogens with one attached hydrogen (secondary N) is 2. The fourth-order valence-electron chi connectivity index (χ4n) is 4.27. The van der Waals surface area contributed by atoms with E-state index in [1.54, 1.807) is 70.3 Å². The van der Waals surface area contributed by atoms with E-state index in [0.717, 1.165) is 11.1 Å². The number of methoxy groups -OCH3 is 1. The number of benzene rings is 3. The average molecular weight is 557 g/mol. The maximum Gasteiger partial charge on any atom is 0.408 e. The zero-order chi connectivity index (χ0) is 30.0. The number of amides is 3. The molecule has 9 nitrogen and oxygen atoms in total. The summed E-state index contributed by atoms with van der Waals surface area (Å²) in [4.78, 5) is 42.0. The maximum atomic E-state index is 14.2. The topological polar surface area (TPSA) is 121 Å². The van der Waals surface area contributed by atoms with Gasteiger partial charge in [-0.1, -0.05) is 60.2 Å². The number of rotatable bonds is 10. The second-order valence-electron chi connectivity index (χ2n) is 10.5. The number of alkyl carbamates (subject to hydrolysis) is 1.